The molecule has 2 N–H and O–H groups in total. The molecule has 2 aliphatic rings. The molecule has 0 saturated carbocycles. The second kappa shape index (κ2) is 9.90. The highest BCUT2D eigenvalue weighted by Gasteiger charge is 2.44. The van der Waals surface area contributed by atoms with Crippen LogP contribution in [-0.4, -0.2) is 65.5 Å². The SMILES string of the molecule is O=C(NC[C@@H]1CO[C@@H]2CN(c3ncc(F)cn3)C[C@H]12)c1ccccc1.O=C(O)C(F)(F)F. The number of fused-ring (bicyclic) bond motifs is 1. The smallest absolute Gasteiger partial charge is 0.475 e. The van der Waals surface area contributed by atoms with Gasteiger partial charge in [0.1, 0.15) is 0 Å². The molecule has 0 radical (unpaired) electrons. The number of carbonyl (C=O) groups excluding carboxylic acids is 1. The largest absolute Gasteiger partial charge is 0.490 e. The molecule has 0 unspecified atom stereocenters. The Balaban J connectivity index is 0.000000360. The van der Waals surface area contributed by atoms with Crippen molar-refractivity contribution in [3.8, 4) is 0 Å². The molecule has 2 saturated heterocycles. The number of carboxylic acids is 1. The first-order valence-electron chi connectivity index (χ1n) is 9.62. The number of alkyl halides is 3. The minimum absolute atomic E-state index is 0.0687. The molecular weight excluding hydrogens is 436 g/mol. The summed E-state index contributed by atoms with van der Waals surface area (Å²) in [5, 5.41) is 10.1. The van der Waals surface area contributed by atoms with Crippen molar-refractivity contribution in [3.05, 3.63) is 54.1 Å². The van der Waals surface area contributed by atoms with E-state index < -0.39 is 18.0 Å². The number of benzene rings is 1. The summed E-state index contributed by atoms with van der Waals surface area (Å²) in [4.78, 5) is 31.2. The molecule has 2 fully saturated rings. The Morgan fingerprint density at radius 3 is 2.38 bits per heavy atom. The van der Waals surface area contributed by atoms with E-state index in [1.165, 1.54) is 12.4 Å². The third-order valence-corrected chi connectivity index (χ3v) is 5.13. The van der Waals surface area contributed by atoms with Crippen molar-refractivity contribution in [1.29, 1.82) is 0 Å². The van der Waals surface area contributed by atoms with Crippen molar-refractivity contribution in [3.63, 3.8) is 0 Å². The van der Waals surface area contributed by atoms with Gasteiger partial charge in [-0.1, -0.05) is 18.2 Å². The molecule has 4 rings (SSSR count). The maximum Gasteiger partial charge on any atom is 0.490 e. The number of nitrogens with zero attached hydrogens (tertiary/aromatic N) is 3. The number of amides is 1. The van der Waals surface area contributed by atoms with Crippen LogP contribution < -0.4 is 10.2 Å². The van der Waals surface area contributed by atoms with Crippen LogP contribution >= 0.6 is 0 Å². The van der Waals surface area contributed by atoms with Crippen LogP contribution in [0.1, 0.15) is 10.4 Å². The average molecular weight is 456 g/mol. The van der Waals surface area contributed by atoms with E-state index in [0.717, 1.165) is 6.54 Å². The Bertz CT molecular complexity index is 927. The van der Waals surface area contributed by atoms with Gasteiger partial charge in [-0.05, 0) is 12.1 Å². The quantitative estimate of drug-likeness (QED) is 0.680. The van der Waals surface area contributed by atoms with E-state index in [1.54, 1.807) is 12.1 Å². The Kier molecular flexibility index (Phi) is 7.23. The normalized spacial score (nSPS) is 22.0. The molecule has 12 heteroatoms. The second-order valence-electron chi connectivity index (χ2n) is 7.28. The minimum atomic E-state index is -5.08. The van der Waals surface area contributed by atoms with Gasteiger partial charge in [0.25, 0.3) is 5.91 Å². The van der Waals surface area contributed by atoms with Crippen LogP contribution in [0.2, 0.25) is 0 Å². The summed E-state index contributed by atoms with van der Waals surface area (Å²) >= 11 is 0. The fourth-order valence-electron chi connectivity index (χ4n) is 3.56. The van der Waals surface area contributed by atoms with Crippen molar-refractivity contribution in [2.45, 2.75) is 12.3 Å². The first-order chi connectivity index (χ1) is 15.1. The van der Waals surface area contributed by atoms with Gasteiger partial charge in [0.15, 0.2) is 5.82 Å². The highest BCUT2D eigenvalue weighted by Crippen LogP contribution is 2.34. The fraction of sp³-hybridized carbons (Fsp3) is 0.400. The lowest BCUT2D eigenvalue weighted by Crippen LogP contribution is -2.34. The summed E-state index contributed by atoms with van der Waals surface area (Å²) in [6, 6.07) is 9.18. The standard InChI is InChI=1S/C18H19FN4O2.C2HF3O2/c19-14-7-21-18(22-8-14)23-9-15-13(11-25-16(15)10-23)6-20-17(24)12-4-2-1-3-5-12;3-2(4,5)1(6)7/h1-5,7-8,13,15-16H,6,9-11H2,(H,20,24);(H,6,7)/t13-,15-,16-;/m1./s1. The monoisotopic (exact) mass is 456 g/mol. The lowest BCUT2D eigenvalue weighted by Gasteiger charge is -2.20. The van der Waals surface area contributed by atoms with E-state index in [4.69, 9.17) is 14.6 Å². The highest BCUT2D eigenvalue weighted by molar-refractivity contribution is 5.94. The Morgan fingerprint density at radius 2 is 1.78 bits per heavy atom. The molecule has 172 valence electrons. The van der Waals surface area contributed by atoms with Gasteiger partial charge in [-0.25, -0.2) is 19.2 Å². The second-order valence-corrected chi connectivity index (χ2v) is 7.28. The number of ether oxygens (including phenoxy) is 1. The predicted molar refractivity (Wildman–Crippen MR) is 103 cm³/mol. The Hall–Kier alpha value is -3.28. The fourth-order valence-corrected chi connectivity index (χ4v) is 3.56. The molecule has 0 spiro atoms. The van der Waals surface area contributed by atoms with E-state index in [0.29, 0.717) is 37.1 Å². The lowest BCUT2D eigenvalue weighted by atomic mass is 9.93. The van der Waals surface area contributed by atoms with Gasteiger partial charge in [-0.2, -0.15) is 13.2 Å². The molecule has 0 bridgehead atoms. The first-order valence-corrected chi connectivity index (χ1v) is 9.62. The van der Waals surface area contributed by atoms with Crippen molar-refractivity contribution in [2.24, 2.45) is 11.8 Å². The molecule has 0 aliphatic carbocycles. The zero-order valence-corrected chi connectivity index (χ0v) is 16.6. The predicted octanol–water partition coefficient (Wildman–Crippen LogP) is 2.13. The summed E-state index contributed by atoms with van der Waals surface area (Å²) in [6.07, 6.45) is -2.63. The third-order valence-electron chi connectivity index (χ3n) is 5.13. The van der Waals surface area contributed by atoms with Gasteiger partial charge >= 0.3 is 12.1 Å². The molecule has 3 atom stereocenters. The minimum Gasteiger partial charge on any atom is -0.475 e. The zero-order chi connectivity index (χ0) is 23.3. The van der Waals surface area contributed by atoms with Crippen molar-refractivity contribution < 1.29 is 37.0 Å². The number of halogens is 4. The zero-order valence-electron chi connectivity index (χ0n) is 16.6. The summed E-state index contributed by atoms with van der Waals surface area (Å²) in [5.41, 5.74) is 0.658. The van der Waals surface area contributed by atoms with Gasteiger partial charge in [0.2, 0.25) is 5.95 Å². The third kappa shape index (κ3) is 5.90. The molecule has 8 nitrogen and oxygen atoms in total. The van der Waals surface area contributed by atoms with E-state index in [-0.39, 0.29) is 17.9 Å². The van der Waals surface area contributed by atoms with E-state index in [9.17, 15) is 22.4 Å². The molecule has 2 aromatic rings. The number of carboxylic acid groups (broad SMARTS) is 1. The molecule has 32 heavy (non-hydrogen) atoms. The highest BCUT2D eigenvalue weighted by atomic mass is 19.4. The van der Waals surface area contributed by atoms with Crippen molar-refractivity contribution >= 4 is 17.8 Å². The Morgan fingerprint density at radius 1 is 1.16 bits per heavy atom. The first kappa shape index (κ1) is 23.4. The van der Waals surface area contributed by atoms with Crippen LogP contribution in [-0.2, 0) is 9.53 Å². The Labute approximate surface area is 180 Å². The maximum absolute atomic E-state index is 13.0. The van der Waals surface area contributed by atoms with Crippen LogP contribution in [0, 0.1) is 17.7 Å². The van der Waals surface area contributed by atoms with Gasteiger partial charge in [-0.15, -0.1) is 0 Å². The molecular formula is C20H20F4N4O4. The average Bonchev–Trinajstić information content (AvgIpc) is 3.34. The van der Waals surface area contributed by atoms with Gasteiger partial charge < -0.3 is 20.1 Å². The number of nitrogens with one attached hydrogen (secondary N) is 1. The summed E-state index contributed by atoms with van der Waals surface area (Å²) in [5.74, 6) is -2.19. The van der Waals surface area contributed by atoms with Crippen molar-refractivity contribution in [2.75, 3.05) is 31.1 Å². The summed E-state index contributed by atoms with van der Waals surface area (Å²) in [7, 11) is 0. The number of hydrogen-bond donors (Lipinski definition) is 2. The van der Waals surface area contributed by atoms with Crippen LogP contribution in [0.4, 0.5) is 23.5 Å². The number of rotatable bonds is 4. The number of hydrogen-bond acceptors (Lipinski definition) is 6. The summed E-state index contributed by atoms with van der Waals surface area (Å²) in [6.45, 7) is 2.66. The molecule has 2 aliphatic heterocycles. The van der Waals surface area contributed by atoms with E-state index in [1.807, 2.05) is 23.1 Å². The molecule has 1 amide bonds. The van der Waals surface area contributed by atoms with Crippen LogP contribution in [0.15, 0.2) is 42.7 Å². The number of aliphatic carboxylic acids is 1. The van der Waals surface area contributed by atoms with E-state index in [2.05, 4.69) is 15.3 Å². The maximum atomic E-state index is 13.0. The molecule has 3 heterocycles. The van der Waals surface area contributed by atoms with E-state index >= 15 is 0 Å². The van der Waals surface area contributed by atoms with Gasteiger partial charge in [-0.3, -0.25) is 4.79 Å². The number of aromatic nitrogens is 2. The lowest BCUT2D eigenvalue weighted by molar-refractivity contribution is -0.192. The van der Waals surface area contributed by atoms with Crippen LogP contribution in [0.25, 0.3) is 0 Å². The van der Waals surface area contributed by atoms with Gasteiger partial charge in [0, 0.05) is 37.0 Å². The van der Waals surface area contributed by atoms with Crippen LogP contribution in [0.3, 0.4) is 0 Å². The number of carbonyl (C=O) groups is 2. The molecule has 1 aromatic carbocycles. The van der Waals surface area contributed by atoms with Gasteiger partial charge in [0.05, 0.1) is 25.1 Å². The van der Waals surface area contributed by atoms with Crippen LogP contribution in [0.5, 0.6) is 0 Å². The molecule has 1 aromatic heterocycles. The van der Waals surface area contributed by atoms with Crippen molar-refractivity contribution in [1.82, 2.24) is 15.3 Å². The topological polar surface area (TPSA) is 105 Å². The summed E-state index contributed by atoms with van der Waals surface area (Å²) < 4.78 is 50.6. The number of anilines is 1.